The van der Waals surface area contributed by atoms with Gasteiger partial charge in [-0.15, -0.1) is 0 Å². The molecule has 0 spiro atoms. The Bertz CT molecular complexity index is 682. The van der Waals surface area contributed by atoms with Crippen molar-refractivity contribution in [3.05, 3.63) is 53.1 Å². The lowest BCUT2D eigenvalue weighted by Crippen LogP contribution is -2.11. The Morgan fingerprint density at radius 2 is 1.19 bits per heavy atom. The van der Waals surface area contributed by atoms with Gasteiger partial charge in [0.25, 0.3) is 0 Å². The third-order valence-corrected chi connectivity index (χ3v) is 2.93. The molecule has 2 aromatic carbocycles. The standard InChI is InChI=1S/C14H9F6N/c1-21(2)8-4-3-6(5-7(8)15)9-10(16)12(18)14(20)13(19)11(9)17/h3-5H,1-2H3. The van der Waals surface area contributed by atoms with Gasteiger partial charge in [0, 0.05) is 14.1 Å². The van der Waals surface area contributed by atoms with E-state index in [2.05, 4.69) is 0 Å². The van der Waals surface area contributed by atoms with Crippen LogP contribution in [-0.4, -0.2) is 14.1 Å². The summed E-state index contributed by atoms with van der Waals surface area (Å²) in [5.74, 6) is -11.2. The summed E-state index contributed by atoms with van der Waals surface area (Å²) >= 11 is 0. The summed E-state index contributed by atoms with van der Waals surface area (Å²) in [6, 6.07) is 2.98. The molecule has 0 unspecified atom stereocenters. The Kier molecular flexibility index (Phi) is 3.85. The first-order valence-electron chi connectivity index (χ1n) is 5.74. The van der Waals surface area contributed by atoms with E-state index >= 15 is 0 Å². The molecule has 0 radical (unpaired) electrons. The summed E-state index contributed by atoms with van der Waals surface area (Å²) in [6.07, 6.45) is 0. The van der Waals surface area contributed by atoms with E-state index in [1.807, 2.05) is 0 Å². The number of anilines is 1. The van der Waals surface area contributed by atoms with E-state index in [9.17, 15) is 26.3 Å². The first kappa shape index (κ1) is 15.2. The van der Waals surface area contributed by atoms with Crippen LogP contribution in [0.15, 0.2) is 18.2 Å². The lowest BCUT2D eigenvalue weighted by molar-refractivity contribution is 0.381. The molecule has 21 heavy (non-hydrogen) atoms. The Hall–Kier alpha value is -2.18. The number of hydrogen-bond donors (Lipinski definition) is 0. The van der Waals surface area contributed by atoms with Crippen LogP contribution in [0.5, 0.6) is 0 Å². The predicted octanol–water partition coefficient (Wildman–Crippen LogP) is 4.25. The molecule has 0 aliphatic rings. The summed E-state index contributed by atoms with van der Waals surface area (Å²) in [6.45, 7) is 0. The van der Waals surface area contributed by atoms with E-state index in [1.54, 1.807) is 0 Å². The summed E-state index contributed by atoms with van der Waals surface area (Å²) in [5.41, 5.74) is -1.48. The summed E-state index contributed by atoms with van der Waals surface area (Å²) in [7, 11) is 3.08. The largest absolute Gasteiger partial charge is 0.375 e. The van der Waals surface area contributed by atoms with Crippen LogP contribution in [0, 0.1) is 34.9 Å². The molecule has 0 amide bonds. The molecule has 112 valence electrons. The van der Waals surface area contributed by atoms with Crippen molar-refractivity contribution in [3.63, 3.8) is 0 Å². The Balaban J connectivity index is 2.71. The smallest absolute Gasteiger partial charge is 0.200 e. The highest BCUT2D eigenvalue weighted by atomic mass is 19.2. The molecule has 1 nitrogen and oxygen atoms in total. The monoisotopic (exact) mass is 305 g/mol. The van der Waals surface area contributed by atoms with E-state index in [0.29, 0.717) is 6.07 Å². The summed E-state index contributed by atoms with van der Waals surface area (Å²) in [5, 5.41) is 0. The zero-order valence-electron chi connectivity index (χ0n) is 10.9. The Morgan fingerprint density at radius 3 is 1.62 bits per heavy atom. The van der Waals surface area contributed by atoms with Crippen molar-refractivity contribution in [3.8, 4) is 11.1 Å². The molecule has 0 saturated heterocycles. The fourth-order valence-electron chi connectivity index (χ4n) is 1.88. The maximum absolute atomic E-state index is 13.8. The first-order chi connectivity index (χ1) is 9.75. The van der Waals surface area contributed by atoms with Crippen LogP contribution in [0.1, 0.15) is 0 Å². The van der Waals surface area contributed by atoms with E-state index in [4.69, 9.17) is 0 Å². The third kappa shape index (κ3) is 2.43. The SMILES string of the molecule is CN(C)c1ccc(-c2c(F)c(F)c(F)c(F)c2F)cc1F. The topological polar surface area (TPSA) is 3.24 Å². The highest BCUT2D eigenvalue weighted by molar-refractivity contribution is 5.68. The molecule has 0 atom stereocenters. The molecule has 0 aromatic heterocycles. The van der Waals surface area contributed by atoms with Crippen LogP contribution in [0.4, 0.5) is 32.0 Å². The van der Waals surface area contributed by atoms with Crippen molar-refractivity contribution < 1.29 is 26.3 Å². The van der Waals surface area contributed by atoms with Crippen LogP contribution >= 0.6 is 0 Å². The van der Waals surface area contributed by atoms with Gasteiger partial charge >= 0.3 is 0 Å². The fourth-order valence-corrected chi connectivity index (χ4v) is 1.88. The molecule has 0 fully saturated rings. The second kappa shape index (κ2) is 5.31. The summed E-state index contributed by atoms with van der Waals surface area (Å²) < 4.78 is 80.3. The van der Waals surface area contributed by atoms with Gasteiger partial charge in [-0.25, -0.2) is 26.3 Å². The first-order valence-corrected chi connectivity index (χ1v) is 5.74. The van der Waals surface area contributed by atoms with Crippen molar-refractivity contribution in [1.82, 2.24) is 0 Å². The van der Waals surface area contributed by atoms with Crippen LogP contribution in [0.3, 0.4) is 0 Å². The molecule has 2 aromatic rings. The number of rotatable bonds is 2. The van der Waals surface area contributed by atoms with Gasteiger partial charge in [0.15, 0.2) is 23.3 Å². The quantitative estimate of drug-likeness (QED) is 0.455. The Labute approximate surface area is 116 Å². The van der Waals surface area contributed by atoms with Crippen LogP contribution in [0.2, 0.25) is 0 Å². The van der Waals surface area contributed by atoms with E-state index in [-0.39, 0.29) is 5.69 Å². The van der Waals surface area contributed by atoms with Gasteiger partial charge in [0.2, 0.25) is 5.82 Å². The average molecular weight is 305 g/mol. The molecular weight excluding hydrogens is 296 g/mol. The molecule has 0 aliphatic heterocycles. The van der Waals surface area contributed by atoms with Crippen molar-refractivity contribution >= 4 is 5.69 Å². The van der Waals surface area contributed by atoms with Gasteiger partial charge in [-0.2, -0.15) is 0 Å². The molecule has 0 bridgehead atoms. The minimum Gasteiger partial charge on any atom is -0.375 e. The maximum Gasteiger partial charge on any atom is 0.200 e. The number of nitrogens with zero attached hydrogens (tertiary/aromatic N) is 1. The predicted molar refractivity (Wildman–Crippen MR) is 66.0 cm³/mol. The van der Waals surface area contributed by atoms with Gasteiger partial charge in [-0.1, -0.05) is 6.07 Å². The van der Waals surface area contributed by atoms with Gasteiger partial charge < -0.3 is 4.90 Å². The van der Waals surface area contributed by atoms with Crippen molar-refractivity contribution in [2.24, 2.45) is 0 Å². The maximum atomic E-state index is 13.8. The number of halogens is 6. The minimum absolute atomic E-state index is 0.114. The van der Waals surface area contributed by atoms with Gasteiger partial charge in [-0.05, 0) is 17.7 Å². The average Bonchev–Trinajstić information content (AvgIpc) is 2.43. The lowest BCUT2D eigenvalue weighted by atomic mass is 10.0. The summed E-state index contributed by atoms with van der Waals surface area (Å²) in [4.78, 5) is 1.40. The second-order valence-corrected chi connectivity index (χ2v) is 4.51. The van der Waals surface area contributed by atoms with Crippen LogP contribution in [-0.2, 0) is 0 Å². The normalized spacial score (nSPS) is 10.9. The molecule has 2 rings (SSSR count). The zero-order valence-corrected chi connectivity index (χ0v) is 10.9. The van der Waals surface area contributed by atoms with E-state index < -0.39 is 46.0 Å². The number of hydrogen-bond acceptors (Lipinski definition) is 1. The minimum atomic E-state index is -2.25. The fraction of sp³-hybridized carbons (Fsp3) is 0.143. The second-order valence-electron chi connectivity index (χ2n) is 4.51. The van der Waals surface area contributed by atoms with Gasteiger partial charge in [0.1, 0.15) is 5.82 Å². The molecular formula is C14H9F6N. The van der Waals surface area contributed by atoms with Crippen molar-refractivity contribution in [2.75, 3.05) is 19.0 Å². The Morgan fingerprint density at radius 1 is 0.714 bits per heavy atom. The molecule has 0 saturated carbocycles. The molecule has 7 heteroatoms. The van der Waals surface area contributed by atoms with Gasteiger partial charge in [-0.3, -0.25) is 0 Å². The van der Waals surface area contributed by atoms with Gasteiger partial charge in [0.05, 0.1) is 11.3 Å². The van der Waals surface area contributed by atoms with E-state index in [0.717, 1.165) is 6.07 Å². The highest BCUT2D eigenvalue weighted by Crippen LogP contribution is 2.33. The van der Waals surface area contributed by atoms with E-state index in [1.165, 1.54) is 25.1 Å². The number of benzene rings is 2. The van der Waals surface area contributed by atoms with Crippen LogP contribution in [0.25, 0.3) is 11.1 Å². The zero-order chi connectivity index (χ0) is 15.9. The molecule has 0 N–H and O–H groups in total. The molecule has 0 heterocycles. The van der Waals surface area contributed by atoms with Crippen LogP contribution < -0.4 is 4.90 Å². The van der Waals surface area contributed by atoms with Crippen molar-refractivity contribution in [2.45, 2.75) is 0 Å². The highest BCUT2D eigenvalue weighted by Gasteiger charge is 2.27. The molecule has 0 aliphatic carbocycles. The lowest BCUT2D eigenvalue weighted by Gasteiger charge is -2.15. The third-order valence-electron chi connectivity index (χ3n) is 2.93. The van der Waals surface area contributed by atoms with Crippen molar-refractivity contribution in [1.29, 1.82) is 0 Å².